The largest absolute Gasteiger partial charge is 0.326 e. The van der Waals surface area contributed by atoms with Gasteiger partial charge in [-0.15, -0.1) is 0 Å². The predicted octanol–water partition coefficient (Wildman–Crippen LogP) is 1.44. The first-order valence-corrected chi connectivity index (χ1v) is 7.55. The lowest BCUT2D eigenvalue weighted by molar-refractivity contribution is -0.115. The summed E-state index contributed by atoms with van der Waals surface area (Å²) in [6.45, 7) is 3.78. The normalized spacial score (nSPS) is 13.4. The summed E-state index contributed by atoms with van der Waals surface area (Å²) in [7, 11) is 3.28. The number of amides is 3. The van der Waals surface area contributed by atoms with Gasteiger partial charge in [-0.25, -0.2) is 0 Å². The molecule has 0 spiro atoms. The molecular formula is C17H18N4O3. The summed E-state index contributed by atoms with van der Waals surface area (Å²) in [5.74, 6) is -0.876. The fourth-order valence-corrected chi connectivity index (χ4v) is 2.88. The zero-order valence-electron chi connectivity index (χ0n) is 14.0. The van der Waals surface area contributed by atoms with E-state index in [2.05, 4.69) is 10.4 Å². The SMILES string of the molecule is Cc1nn(C)c(C)c1CC(=O)Nc1ccc2c(c1)C(=O)N(C)C2=O. The molecule has 0 bridgehead atoms. The maximum absolute atomic E-state index is 12.3. The van der Waals surface area contributed by atoms with Crippen molar-refractivity contribution in [1.29, 1.82) is 0 Å². The topological polar surface area (TPSA) is 84.3 Å². The van der Waals surface area contributed by atoms with Crippen LogP contribution in [-0.2, 0) is 18.3 Å². The van der Waals surface area contributed by atoms with Crippen LogP contribution in [0.3, 0.4) is 0 Å². The second kappa shape index (κ2) is 5.59. The summed E-state index contributed by atoms with van der Waals surface area (Å²) in [4.78, 5) is 37.2. The Morgan fingerprint density at radius 1 is 1.12 bits per heavy atom. The van der Waals surface area contributed by atoms with E-state index in [9.17, 15) is 14.4 Å². The average molecular weight is 326 g/mol. The summed E-state index contributed by atoms with van der Waals surface area (Å²) in [5.41, 5.74) is 3.82. The molecule has 1 aliphatic rings. The van der Waals surface area contributed by atoms with Crippen molar-refractivity contribution in [2.24, 2.45) is 7.05 Å². The number of carbonyl (C=O) groups excluding carboxylic acids is 3. The molecule has 124 valence electrons. The van der Waals surface area contributed by atoms with Crippen LogP contribution in [0.1, 0.15) is 37.7 Å². The maximum Gasteiger partial charge on any atom is 0.261 e. The number of benzene rings is 1. The molecule has 1 aromatic heterocycles. The average Bonchev–Trinajstić information content (AvgIpc) is 2.90. The van der Waals surface area contributed by atoms with Gasteiger partial charge in [-0.3, -0.25) is 24.0 Å². The van der Waals surface area contributed by atoms with Gasteiger partial charge in [-0.2, -0.15) is 5.10 Å². The number of aromatic nitrogens is 2. The highest BCUT2D eigenvalue weighted by Crippen LogP contribution is 2.25. The van der Waals surface area contributed by atoms with Crippen LogP contribution in [0.4, 0.5) is 5.69 Å². The van der Waals surface area contributed by atoms with Crippen molar-refractivity contribution in [3.05, 3.63) is 46.3 Å². The van der Waals surface area contributed by atoms with E-state index >= 15 is 0 Å². The van der Waals surface area contributed by atoms with Crippen LogP contribution in [0.25, 0.3) is 0 Å². The molecule has 0 saturated carbocycles. The summed E-state index contributed by atoms with van der Waals surface area (Å²) in [5, 5.41) is 7.07. The molecule has 0 radical (unpaired) electrons. The Morgan fingerprint density at radius 3 is 2.42 bits per heavy atom. The molecule has 24 heavy (non-hydrogen) atoms. The second-order valence-corrected chi connectivity index (χ2v) is 5.93. The number of hydrogen-bond acceptors (Lipinski definition) is 4. The number of anilines is 1. The van der Waals surface area contributed by atoms with Crippen LogP contribution < -0.4 is 5.32 Å². The number of rotatable bonds is 3. The first-order chi connectivity index (χ1) is 11.3. The van der Waals surface area contributed by atoms with Crippen molar-refractivity contribution in [1.82, 2.24) is 14.7 Å². The third-order valence-corrected chi connectivity index (χ3v) is 4.37. The van der Waals surface area contributed by atoms with Gasteiger partial charge in [0.2, 0.25) is 5.91 Å². The number of aryl methyl sites for hydroxylation is 2. The van der Waals surface area contributed by atoms with E-state index in [0.29, 0.717) is 16.8 Å². The molecule has 7 heteroatoms. The maximum atomic E-state index is 12.3. The minimum atomic E-state index is -0.356. The first-order valence-electron chi connectivity index (χ1n) is 7.55. The molecule has 7 nitrogen and oxygen atoms in total. The molecular weight excluding hydrogens is 308 g/mol. The summed E-state index contributed by atoms with van der Waals surface area (Å²) < 4.78 is 1.74. The number of hydrogen-bond donors (Lipinski definition) is 1. The van der Waals surface area contributed by atoms with Crippen LogP contribution in [0, 0.1) is 13.8 Å². The fraction of sp³-hybridized carbons (Fsp3) is 0.294. The summed E-state index contributed by atoms with van der Waals surface area (Å²) in [6.07, 6.45) is 0.204. The van der Waals surface area contributed by atoms with Crippen LogP contribution in [0.15, 0.2) is 18.2 Å². The highest BCUT2D eigenvalue weighted by atomic mass is 16.2. The van der Waals surface area contributed by atoms with Gasteiger partial charge in [0.15, 0.2) is 0 Å². The van der Waals surface area contributed by atoms with Crippen molar-refractivity contribution >= 4 is 23.4 Å². The molecule has 3 rings (SSSR count). The molecule has 0 fully saturated rings. The first kappa shape index (κ1) is 15.9. The van der Waals surface area contributed by atoms with Crippen LogP contribution in [-0.4, -0.2) is 39.4 Å². The van der Waals surface area contributed by atoms with Crippen LogP contribution in [0.5, 0.6) is 0 Å². The van der Waals surface area contributed by atoms with Gasteiger partial charge in [0, 0.05) is 31.0 Å². The van der Waals surface area contributed by atoms with E-state index in [1.807, 2.05) is 20.9 Å². The van der Waals surface area contributed by atoms with E-state index in [4.69, 9.17) is 0 Å². The summed E-state index contributed by atoms with van der Waals surface area (Å²) in [6, 6.07) is 4.74. The minimum Gasteiger partial charge on any atom is -0.326 e. The van der Waals surface area contributed by atoms with Crippen LogP contribution >= 0.6 is 0 Å². The number of nitrogens with one attached hydrogen (secondary N) is 1. The Labute approximate surface area is 139 Å². The van der Waals surface area contributed by atoms with E-state index in [1.54, 1.807) is 22.9 Å². The Kier molecular flexibility index (Phi) is 3.71. The molecule has 0 atom stereocenters. The van der Waals surface area contributed by atoms with Gasteiger partial charge in [0.25, 0.3) is 11.8 Å². The van der Waals surface area contributed by atoms with E-state index < -0.39 is 0 Å². The molecule has 0 aliphatic carbocycles. The van der Waals surface area contributed by atoms with Crippen molar-refractivity contribution in [2.45, 2.75) is 20.3 Å². The molecule has 2 aromatic rings. The monoisotopic (exact) mass is 326 g/mol. The lowest BCUT2D eigenvalue weighted by atomic mass is 10.1. The Morgan fingerprint density at radius 2 is 1.79 bits per heavy atom. The smallest absolute Gasteiger partial charge is 0.261 e. The van der Waals surface area contributed by atoms with Crippen molar-refractivity contribution < 1.29 is 14.4 Å². The highest BCUT2D eigenvalue weighted by molar-refractivity contribution is 6.21. The lowest BCUT2D eigenvalue weighted by Gasteiger charge is -2.07. The Bertz CT molecular complexity index is 882. The van der Waals surface area contributed by atoms with Crippen molar-refractivity contribution in [3.63, 3.8) is 0 Å². The van der Waals surface area contributed by atoms with E-state index in [1.165, 1.54) is 7.05 Å². The molecule has 1 N–H and O–H groups in total. The lowest BCUT2D eigenvalue weighted by Crippen LogP contribution is -2.24. The minimum absolute atomic E-state index is 0.195. The third-order valence-electron chi connectivity index (χ3n) is 4.37. The van der Waals surface area contributed by atoms with Gasteiger partial charge in [0.1, 0.15) is 0 Å². The highest BCUT2D eigenvalue weighted by Gasteiger charge is 2.32. The third kappa shape index (κ3) is 2.47. The molecule has 0 saturated heterocycles. The Hall–Kier alpha value is -2.96. The molecule has 1 aromatic carbocycles. The number of fused-ring (bicyclic) bond motifs is 1. The molecule has 0 unspecified atom stereocenters. The quantitative estimate of drug-likeness (QED) is 0.865. The van der Waals surface area contributed by atoms with E-state index in [0.717, 1.165) is 21.9 Å². The van der Waals surface area contributed by atoms with Crippen LogP contribution in [0.2, 0.25) is 0 Å². The van der Waals surface area contributed by atoms with Gasteiger partial charge < -0.3 is 5.32 Å². The molecule has 1 aliphatic heterocycles. The molecule has 2 heterocycles. The zero-order chi connectivity index (χ0) is 17.6. The van der Waals surface area contributed by atoms with Gasteiger partial charge in [0.05, 0.1) is 23.2 Å². The predicted molar refractivity (Wildman–Crippen MR) is 87.9 cm³/mol. The zero-order valence-corrected chi connectivity index (χ0v) is 14.0. The standard InChI is InChI=1S/C17H18N4O3/c1-9-13(10(2)21(4)19-9)8-15(22)18-11-5-6-12-14(7-11)17(24)20(3)16(12)23/h5-7H,8H2,1-4H3,(H,18,22). The van der Waals surface area contributed by atoms with Crippen molar-refractivity contribution in [2.75, 3.05) is 12.4 Å². The molecule has 3 amide bonds. The number of carbonyl (C=O) groups is 3. The van der Waals surface area contributed by atoms with Gasteiger partial charge in [-0.1, -0.05) is 0 Å². The van der Waals surface area contributed by atoms with E-state index in [-0.39, 0.29) is 24.1 Å². The Balaban J connectivity index is 1.79. The number of imide groups is 1. The second-order valence-electron chi connectivity index (χ2n) is 5.93. The van der Waals surface area contributed by atoms with Crippen molar-refractivity contribution in [3.8, 4) is 0 Å². The fourth-order valence-electron chi connectivity index (χ4n) is 2.88. The summed E-state index contributed by atoms with van der Waals surface area (Å²) >= 11 is 0. The van der Waals surface area contributed by atoms with Gasteiger partial charge >= 0.3 is 0 Å². The van der Waals surface area contributed by atoms with Gasteiger partial charge in [-0.05, 0) is 32.0 Å². The number of nitrogens with zero attached hydrogens (tertiary/aromatic N) is 3.